The summed E-state index contributed by atoms with van der Waals surface area (Å²) in [6.07, 6.45) is 0. The topological polar surface area (TPSA) is 68.0 Å². The number of carboxylic acid groups (broad SMARTS) is 1. The Morgan fingerprint density at radius 3 is 2.48 bits per heavy atom. The van der Waals surface area contributed by atoms with E-state index in [1.165, 1.54) is 4.68 Å². The minimum Gasteiger partial charge on any atom is -0.475 e. The SMILES string of the molecule is O=C(O)c1nc(-c2cc(Cl)ccc2Cl)n(-c2ccccc2Cl)n1. The Hall–Kier alpha value is -2.08. The summed E-state index contributed by atoms with van der Waals surface area (Å²) in [6.45, 7) is 0. The Bertz CT molecular complexity index is 909. The summed E-state index contributed by atoms with van der Waals surface area (Å²) < 4.78 is 1.34. The van der Waals surface area contributed by atoms with Crippen molar-refractivity contribution in [2.75, 3.05) is 0 Å². The fourth-order valence-corrected chi connectivity index (χ4v) is 2.63. The van der Waals surface area contributed by atoms with Crippen LogP contribution < -0.4 is 0 Å². The maximum absolute atomic E-state index is 11.2. The van der Waals surface area contributed by atoms with Crippen molar-refractivity contribution in [3.8, 4) is 17.1 Å². The van der Waals surface area contributed by atoms with Crippen LogP contribution in [0.3, 0.4) is 0 Å². The van der Waals surface area contributed by atoms with Gasteiger partial charge in [-0.3, -0.25) is 0 Å². The van der Waals surface area contributed by atoms with Gasteiger partial charge in [0, 0.05) is 10.6 Å². The Morgan fingerprint density at radius 2 is 1.78 bits per heavy atom. The molecule has 0 saturated carbocycles. The maximum Gasteiger partial charge on any atom is 0.375 e. The Balaban J connectivity index is 2.30. The van der Waals surface area contributed by atoms with Crippen LogP contribution in [-0.4, -0.2) is 25.8 Å². The van der Waals surface area contributed by atoms with E-state index in [-0.39, 0.29) is 11.6 Å². The minimum absolute atomic E-state index is 0.239. The normalized spacial score (nSPS) is 10.7. The number of carboxylic acids is 1. The maximum atomic E-state index is 11.2. The second kappa shape index (κ2) is 6.20. The lowest BCUT2D eigenvalue weighted by Crippen LogP contribution is -2.03. The molecule has 2 aromatic carbocycles. The number of benzene rings is 2. The van der Waals surface area contributed by atoms with E-state index in [0.29, 0.717) is 26.3 Å². The first-order valence-electron chi connectivity index (χ1n) is 6.38. The molecule has 8 heteroatoms. The molecule has 0 spiro atoms. The number of halogens is 3. The summed E-state index contributed by atoms with van der Waals surface area (Å²) in [5.74, 6) is -1.38. The lowest BCUT2D eigenvalue weighted by atomic mass is 10.2. The second-order valence-electron chi connectivity index (χ2n) is 4.55. The standard InChI is InChI=1S/C15H8Cl3N3O2/c16-8-5-6-10(17)9(7-8)14-19-13(15(22)23)20-21(14)12-4-2-1-3-11(12)18/h1-7H,(H,22,23). The average Bonchev–Trinajstić information content (AvgIpc) is 2.95. The number of hydrogen-bond acceptors (Lipinski definition) is 3. The van der Waals surface area contributed by atoms with Crippen molar-refractivity contribution >= 4 is 40.8 Å². The van der Waals surface area contributed by atoms with E-state index in [1.54, 1.807) is 42.5 Å². The van der Waals surface area contributed by atoms with Crippen molar-refractivity contribution in [3.63, 3.8) is 0 Å². The van der Waals surface area contributed by atoms with E-state index < -0.39 is 5.97 Å². The molecule has 116 valence electrons. The monoisotopic (exact) mass is 367 g/mol. The Morgan fingerprint density at radius 1 is 1.04 bits per heavy atom. The number of nitrogens with zero attached hydrogens (tertiary/aromatic N) is 3. The van der Waals surface area contributed by atoms with Gasteiger partial charge in [-0.15, -0.1) is 5.10 Å². The highest BCUT2D eigenvalue weighted by Crippen LogP contribution is 2.32. The minimum atomic E-state index is -1.25. The molecule has 3 rings (SSSR count). The van der Waals surface area contributed by atoms with Crippen LogP contribution in [0.5, 0.6) is 0 Å². The predicted octanol–water partition coefficient (Wildman–Crippen LogP) is 4.59. The van der Waals surface area contributed by atoms with Gasteiger partial charge < -0.3 is 5.11 Å². The second-order valence-corrected chi connectivity index (χ2v) is 5.80. The zero-order chi connectivity index (χ0) is 16.6. The van der Waals surface area contributed by atoms with Crippen molar-refractivity contribution in [1.29, 1.82) is 0 Å². The fraction of sp³-hybridized carbons (Fsp3) is 0. The van der Waals surface area contributed by atoms with E-state index in [0.717, 1.165) is 0 Å². The van der Waals surface area contributed by atoms with Crippen LogP contribution >= 0.6 is 34.8 Å². The summed E-state index contributed by atoms with van der Waals surface area (Å²) in [5, 5.41) is 14.4. The van der Waals surface area contributed by atoms with Crippen LogP contribution in [0.1, 0.15) is 10.6 Å². The molecule has 0 atom stereocenters. The van der Waals surface area contributed by atoms with Crippen molar-refractivity contribution < 1.29 is 9.90 Å². The first-order valence-corrected chi connectivity index (χ1v) is 7.51. The number of rotatable bonds is 3. The van der Waals surface area contributed by atoms with Gasteiger partial charge in [0.15, 0.2) is 5.82 Å². The van der Waals surface area contributed by atoms with Crippen LogP contribution in [0.15, 0.2) is 42.5 Å². The summed E-state index contributed by atoms with van der Waals surface area (Å²) in [6, 6.07) is 11.7. The van der Waals surface area contributed by atoms with Crippen LogP contribution in [-0.2, 0) is 0 Å². The molecule has 0 radical (unpaired) electrons. The van der Waals surface area contributed by atoms with Gasteiger partial charge in [-0.05, 0) is 30.3 Å². The molecule has 0 unspecified atom stereocenters. The molecule has 0 amide bonds. The fourth-order valence-electron chi connectivity index (χ4n) is 2.04. The third-order valence-electron chi connectivity index (χ3n) is 3.05. The van der Waals surface area contributed by atoms with Gasteiger partial charge in [-0.2, -0.15) is 0 Å². The highest BCUT2D eigenvalue weighted by Gasteiger charge is 2.21. The molecule has 0 aliphatic heterocycles. The van der Waals surface area contributed by atoms with Crippen LogP contribution in [0, 0.1) is 0 Å². The molecule has 3 aromatic rings. The van der Waals surface area contributed by atoms with Crippen molar-refractivity contribution in [2.45, 2.75) is 0 Å². The summed E-state index contributed by atoms with van der Waals surface area (Å²) in [5.41, 5.74) is 0.944. The van der Waals surface area contributed by atoms with Gasteiger partial charge in [-0.25, -0.2) is 14.5 Å². The Labute approximate surface area is 146 Å². The third-order valence-corrected chi connectivity index (χ3v) is 3.93. The van der Waals surface area contributed by atoms with Gasteiger partial charge in [0.25, 0.3) is 5.82 Å². The lowest BCUT2D eigenvalue weighted by molar-refractivity contribution is 0.0683. The third kappa shape index (κ3) is 3.03. The summed E-state index contributed by atoms with van der Waals surface area (Å²) >= 11 is 18.4. The van der Waals surface area contributed by atoms with E-state index >= 15 is 0 Å². The molecule has 5 nitrogen and oxygen atoms in total. The molecule has 0 fully saturated rings. The van der Waals surface area contributed by atoms with Crippen LogP contribution in [0.25, 0.3) is 17.1 Å². The highest BCUT2D eigenvalue weighted by molar-refractivity contribution is 6.35. The van der Waals surface area contributed by atoms with Gasteiger partial charge in [0.2, 0.25) is 0 Å². The largest absolute Gasteiger partial charge is 0.475 e. The number of para-hydroxylation sites is 1. The molecule has 0 saturated heterocycles. The summed E-state index contributed by atoms with van der Waals surface area (Å²) in [4.78, 5) is 15.3. The molecular formula is C15H8Cl3N3O2. The zero-order valence-corrected chi connectivity index (χ0v) is 13.6. The number of hydrogen-bond donors (Lipinski definition) is 1. The lowest BCUT2D eigenvalue weighted by Gasteiger charge is -2.09. The smallest absolute Gasteiger partial charge is 0.375 e. The number of carbonyl (C=O) groups is 1. The van der Waals surface area contributed by atoms with Crippen LogP contribution in [0.2, 0.25) is 15.1 Å². The Kier molecular flexibility index (Phi) is 4.26. The molecule has 1 heterocycles. The molecule has 1 N–H and O–H groups in total. The first-order chi connectivity index (χ1) is 11.0. The van der Waals surface area contributed by atoms with Gasteiger partial charge >= 0.3 is 5.97 Å². The van der Waals surface area contributed by atoms with E-state index in [4.69, 9.17) is 34.8 Å². The average molecular weight is 369 g/mol. The van der Waals surface area contributed by atoms with Crippen LogP contribution in [0.4, 0.5) is 0 Å². The van der Waals surface area contributed by atoms with E-state index in [9.17, 15) is 9.90 Å². The van der Waals surface area contributed by atoms with Crippen molar-refractivity contribution in [3.05, 3.63) is 63.4 Å². The van der Waals surface area contributed by atoms with Crippen molar-refractivity contribution in [2.24, 2.45) is 0 Å². The molecular weight excluding hydrogens is 361 g/mol. The number of aromatic carboxylic acids is 1. The quantitative estimate of drug-likeness (QED) is 0.734. The van der Waals surface area contributed by atoms with Crippen molar-refractivity contribution in [1.82, 2.24) is 14.8 Å². The molecule has 1 aromatic heterocycles. The first kappa shape index (κ1) is 15.8. The van der Waals surface area contributed by atoms with Gasteiger partial charge in [-0.1, -0.05) is 46.9 Å². The molecule has 0 aliphatic rings. The highest BCUT2D eigenvalue weighted by atomic mass is 35.5. The predicted molar refractivity (Wildman–Crippen MR) is 88.8 cm³/mol. The van der Waals surface area contributed by atoms with Gasteiger partial charge in [0.05, 0.1) is 15.7 Å². The zero-order valence-electron chi connectivity index (χ0n) is 11.4. The van der Waals surface area contributed by atoms with E-state index in [1.807, 2.05) is 0 Å². The molecule has 0 aliphatic carbocycles. The number of aromatic nitrogens is 3. The van der Waals surface area contributed by atoms with E-state index in [2.05, 4.69) is 10.1 Å². The van der Waals surface area contributed by atoms with Gasteiger partial charge in [0.1, 0.15) is 0 Å². The summed E-state index contributed by atoms with van der Waals surface area (Å²) in [7, 11) is 0. The molecule has 0 bridgehead atoms. The molecule has 23 heavy (non-hydrogen) atoms.